The molecule has 5 heavy (non-hydrogen) atoms. The Hall–Kier alpha value is -0.0300. The third-order valence-corrected chi connectivity index (χ3v) is 0.667. The van der Waals surface area contributed by atoms with Crippen molar-refractivity contribution in [2.75, 3.05) is 0 Å². The standard InChI is InChI=1S/C3H8NP/c1-2-3(4)5/h2H,4-5H2,1H3/b3-2-. The second-order valence-electron chi connectivity index (χ2n) is 0.789. The first kappa shape index (κ1) is 4.97. The quantitative estimate of drug-likeness (QED) is 0.434. The number of allylic oxidation sites excluding steroid dienone is 1. The lowest BCUT2D eigenvalue weighted by molar-refractivity contribution is 1.51. The van der Waals surface area contributed by atoms with Crippen molar-refractivity contribution < 1.29 is 0 Å². The maximum Gasteiger partial charge on any atom is 0.0211 e. The summed E-state index contributed by atoms with van der Waals surface area (Å²) in [6, 6.07) is 0. The molecular formula is C3H8NP. The van der Waals surface area contributed by atoms with Gasteiger partial charge in [-0.15, -0.1) is 0 Å². The molecule has 0 bridgehead atoms. The molecule has 0 fully saturated rings. The van der Waals surface area contributed by atoms with E-state index in [0.717, 1.165) is 5.44 Å². The Balaban J connectivity index is 3.14. The number of nitrogens with two attached hydrogens (primary N) is 1. The molecule has 0 radical (unpaired) electrons. The van der Waals surface area contributed by atoms with Gasteiger partial charge < -0.3 is 5.73 Å². The first-order valence-corrected chi connectivity index (χ1v) is 2.02. The normalized spacial score (nSPS) is 12.0. The van der Waals surface area contributed by atoms with Crippen molar-refractivity contribution in [3.05, 3.63) is 11.5 Å². The Morgan fingerprint density at radius 2 is 2.20 bits per heavy atom. The smallest absolute Gasteiger partial charge is 0.0211 e. The molecule has 0 amide bonds. The summed E-state index contributed by atoms with van der Waals surface area (Å²) in [6.07, 6.45) is 1.82. The lowest BCUT2D eigenvalue weighted by atomic mass is 10.7. The van der Waals surface area contributed by atoms with Crippen LogP contribution in [-0.2, 0) is 0 Å². The highest BCUT2D eigenvalue weighted by molar-refractivity contribution is 7.22. The van der Waals surface area contributed by atoms with Crippen LogP contribution in [0.25, 0.3) is 0 Å². The summed E-state index contributed by atoms with van der Waals surface area (Å²) in [4.78, 5) is 0. The van der Waals surface area contributed by atoms with E-state index in [1.807, 2.05) is 13.0 Å². The minimum atomic E-state index is 0.796. The lowest BCUT2D eigenvalue weighted by Crippen LogP contribution is -1.82. The number of hydrogen-bond donors (Lipinski definition) is 1. The molecule has 0 aliphatic heterocycles. The maximum atomic E-state index is 5.12. The third-order valence-electron chi connectivity index (χ3n) is 0.333. The highest BCUT2D eigenvalue weighted by Gasteiger charge is 1.60. The van der Waals surface area contributed by atoms with Gasteiger partial charge in [-0.05, 0) is 6.92 Å². The van der Waals surface area contributed by atoms with Crippen LogP contribution in [0, 0.1) is 0 Å². The average Bonchev–Trinajstić information content (AvgIpc) is 1.38. The summed E-state index contributed by atoms with van der Waals surface area (Å²) < 4.78 is 0. The molecule has 0 aromatic rings. The van der Waals surface area contributed by atoms with Gasteiger partial charge in [0.05, 0.1) is 0 Å². The molecule has 0 saturated heterocycles. The van der Waals surface area contributed by atoms with Gasteiger partial charge in [0, 0.05) is 5.44 Å². The fraction of sp³-hybridized carbons (Fsp3) is 0.333. The van der Waals surface area contributed by atoms with Crippen LogP contribution in [0.15, 0.2) is 11.5 Å². The van der Waals surface area contributed by atoms with Crippen LogP contribution in [0.5, 0.6) is 0 Å². The average molecular weight is 89.1 g/mol. The molecule has 0 aromatic heterocycles. The summed E-state index contributed by atoms with van der Waals surface area (Å²) in [6.45, 7) is 1.89. The van der Waals surface area contributed by atoms with Crippen LogP contribution in [-0.4, -0.2) is 0 Å². The summed E-state index contributed by atoms with van der Waals surface area (Å²) in [5.74, 6) is 0. The van der Waals surface area contributed by atoms with Crippen molar-refractivity contribution in [2.24, 2.45) is 5.73 Å². The minimum absolute atomic E-state index is 0.796. The molecule has 0 aliphatic carbocycles. The van der Waals surface area contributed by atoms with E-state index in [-0.39, 0.29) is 0 Å². The van der Waals surface area contributed by atoms with Crippen molar-refractivity contribution in [2.45, 2.75) is 6.92 Å². The zero-order chi connectivity index (χ0) is 4.28. The number of rotatable bonds is 0. The molecule has 0 aromatic carbocycles. The summed E-state index contributed by atoms with van der Waals surface area (Å²) in [5.41, 5.74) is 5.91. The Labute approximate surface area is 34.4 Å². The molecule has 0 spiro atoms. The van der Waals surface area contributed by atoms with Gasteiger partial charge in [0.1, 0.15) is 0 Å². The fourth-order valence-electron chi connectivity index (χ4n) is 0. The molecule has 2 N–H and O–H groups in total. The first-order chi connectivity index (χ1) is 2.27. The van der Waals surface area contributed by atoms with Gasteiger partial charge in [-0.25, -0.2) is 0 Å². The van der Waals surface area contributed by atoms with Crippen LogP contribution < -0.4 is 5.73 Å². The summed E-state index contributed by atoms with van der Waals surface area (Å²) in [7, 11) is 2.37. The zero-order valence-electron chi connectivity index (χ0n) is 3.23. The van der Waals surface area contributed by atoms with E-state index in [0.29, 0.717) is 0 Å². The fourth-order valence-corrected chi connectivity index (χ4v) is 0. The van der Waals surface area contributed by atoms with Crippen LogP contribution in [0.1, 0.15) is 6.92 Å². The van der Waals surface area contributed by atoms with Crippen molar-refractivity contribution in [3.8, 4) is 0 Å². The third kappa shape index (κ3) is 3.97. The molecular weight excluding hydrogens is 81.0 g/mol. The number of hydrogen-bond acceptors (Lipinski definition) is 1. The van der Waals surface area contributed by atoms with E-state index in [9.17, 15) is 0 Å². The molecule has 0 saturated carbocycles. The Morgan fingerprint density at radius 1 is 2.00 bits per heavy atom. The van der Waals surface area contributed by atoms with E-state index in [2.05, 4.69) is 9.24 Å². The van der Waals surface area contributed by atoms with Crippen molar-refractivity contribution in [1.82, 2.24) is 0 Å². The maximum absolute atomic E-state index is 5.12. The molecule has 30 valence electrons. The van der Waals surface area contributed by atoms with Crippen molar-refractivity contribution in [3.63, 3.8) is 0 Å². The molecule has 1 nitrogen and oxygen atoms in total. The minimum Gasteiger partial charge on any atom is -0.399 e. The van der Waals surface area contributed by atoms with E-state index in [4.69, 9.17) is 5.73 Å². The Morgan fingerprint density at radius 3 is 2.20 bits per heavy atom. The van der Waals surface area contributed by atoms with Crippen molar-refractivity contribution in [1.29, 1.82) is 0 Å². The van der Waals surface area contributed by atoms with Gasteiger partial charge in [0.25, 0.3) is 0 Å². The predicted molar refractivity (Wildman–Crippen MR) is 27.7 cm³/mol. The van der Waals surface area contributed by atoms with Crippen LogP contribution >= 0.6 is 9.24 Å². The van der Waals surface area contributed by atoms with E-state index in [1.54, 1.807) is 0 Å². The van der Waals surface area contributed by atoms with Crippen LogP contribution in [0.2, 0.25) is 0 Å². The molecule has 0 aliphatic rings. The molecule has 0 heterocycles. The second-order valence-corrected chi connectivity index (χ2v) is 1.46. The Bertz CT molecular complexity index is 44.9. The van der Waals surface area contributed by atoms with Gasteiger partial charge in [0.2, 0.25) is 0 Å². The largest absolute Gasteiger partial charge is 0.399 e. The van der Waals surface area contributed by atoms with Crippen LogP contribution in [0.3, 0.4) is 0 Å². The predicted octanol–water partition coefficient (Wildman–Crippen LogP) is 0.681. The van der Waals surface area contributed by atoms with Gasteiger partial charge in [-0.3, -0.25) is 0 Å². The molecule has 1 atom stereocenters. The van der Waals surface area contributed by atoms with Gasteiger partial charge in [-0.2, -0.15) is 0 Å². The highest BCUT2D eigenvalue weighted by atomic mass is 31.0. The van der Waals surface area contributed by atoms with Gasteiger partial charge >= 0.3 is 0 Å². The highest BCUT2D eigenvalue weighted by Crippen LogP contribution is 1.90. The molecule has 0 rings (SSSR count). The van der Waals surface area contributed by atoms with Crippen LogP contribution in [0.4, 0.5) is 0 Å². The van der Waals surface area contributed by atoms with Crippen molar-refractivity contribution >= 4 is 9.24 Å². The Kier molecular flexibility index (Phi) is 2.21. The second kappa shape index (κ2) is 2.22. The van der Waals surface area contributed by atoms with E-state index in [1.165, 1.54) is 0 Å². The van der Waals surface area contributed by atoms with E-state index >= 15 is 0 Å². The van der Waals surface area contributed by atoms with E-state index < -0.39 is 0 Å². The molecule has 1 unspecified atom stereocenters. The monoisotopic (exact) mass is 89.0 g/mol. The lowest BCUT2D eigenvalue weighted by Gasteiger charge is -1.76. The zero-order valence-corrected chi connectivity index (χ0v) is 4.39. The van der Waals surface area contributed by atoms with Gasteiger partial charge in [-0.1, -0.05) is 15.3 Å². The first-order valence-electron chi connectivity index (χ1n) is 1.44. The topological polar surface area (TPSA) is 26.0 Å². The van der Waals surface area contributed by atoms with Gasteiger partial charge in [0.15, 0.2) is 0 Å². The molecule has 2 heteroatoms. The summed E-state index contributed by atoms with van der Waals surface area (Å²) in [5, 5.41) is 0. The SMILES string of the molecule is C/C=C(/N)P. The summed E-state index contributed by atoms with van der Waals surface area (Å²) >= 11 is 0.